The number of hydrogen-bond donors (Lipinski definition) is 2. The fourth-order valence-corrected chi connectivity index (χ4v) is 2.11. The highest BCUT2D eigenvalue weighted by Gasteiger charge is 2.09. The first-order valence-electron chi connectivity index (χ1n) is 6.20. The summed E-state index contributed by atoms with van der Waals surface area (Å²) in [5, 5.41) is 18.7. The van der Waals surface area contributed by atoms with Crippen molar-refractivity contribution in [1.29, 1.82) is 0 Å². The molecule has 1 unspecified atom stereocenters. The summed E-state index contributed by atoms with van der Waals surface area (Å²) in [5.41, 5.74) is 2.39. The van der Waals surface area contributed by atoms with Crippen LogP contribution in [0.2, 0.25) is 0 Å². The van der Waals surface area contributed by atoms with Crippen LogP contribution >= 0.6 is 0 Å². The molecular formula is C16H18O2. The van der Waals surface area contributed by atoms with Crippen LogP contribution in [-0.4, -0.2) is 16.8 Å². The molecule has 0 aliphatic heterocycles. The highest BCUT2D eigenvalue weighted by atomic mass is 16.3. The molecule has 2 rings (SSSR count). The van der Waals surface area contributed by atoms with Crippen LogP contribution in [0.3, 0.4) is 0 Å². The van der Waals surface area contributed by atoms with Gasteiger partial charge in [-0.15, -0.1) is 0 Å². The van der Waals surface area contributed by atoms with Crippen LogP contribution in [0.5, 0.6) is 5.75 Å². The Labute approximate surface area is 108 Å². The SMILES string of the molecule is OCC(Cc1ccccc1)Cc1ccc(O)cc1. The van der Waals surface area contributed by atoms with Crippen LogP contribution in [0.4, 0.5) is 0 Å². The Bertz CT molecular complexity index is 462. The van der Waals surface area contributed by atoms with Gasteiger partial charge in [-0.3, -0.25) is 0 Å². The Morgan fingerprint density at radius 2 is 1.33 bits per heavy atom. The Balaban J connectivity index is 1.99. The first kappa shape index (κ1) is 12.7. The van der Waals surface area contributed by atoms with Gasteiger partial charge in [-0.1, -0.05) is 42.5 Å². The van der Waals surface area contributed by atoms with E-state index in [9.17, 15) is 10.2 Å². The number of aliphatic hydroxyl groups excluding tert-OH is 1. The predicted molar refractivity (Wildman–Crippen MR) is 72.5 cm³/mol. The maximum absolute atomic E-state index is 9.45. The second kappa shape index (κ2) is 6.22. The predicted octanol–water partition coefficient (Wildman–Crippen LogP) is 2.79. The van der Waals surface area contributed by atoms with Gasteiger partial charge in [0, 0.05) is 6.61 Å². The molecule has 0 fully saturated rings. The van der Waals surface area contributed by atoms with Gasteiger partial charge in [0.25, 0.3) is 0 Å². The van der Waals surface area contributed by atoms with E-state index in [2.05, 4.69) is 12.1 Å². The first-order valence-corrected chi connectivity index (χ1v) is 6.20. The number of phenolic OH excluding ortho intramolecular Hbond substituents is 1. The number of aromatic hydroxyl groups is 1. The summed E-state index contributed by atoms with van der Waals surface area (Å²) in [5.74, 6) is 0.499. The van der Waals surface area contributed by atoms with E-state index in [-0.39, 0.29) is 18.3 Å². The summed E-state index contributed by atoms with van der Waals surface area (Å²) in [6.45, 7) is 0.176. The third-order valence-corrected chi connectivity index (χ3v) is 3.09. The van der Waals surface area contributed by atoms with E-state index in [4.69, 9.17) is 0 Å². The molecular weight excluding hydrogens is 224 g/mol. The molecule has 0 saturated heterocycles. The minimum absolute atomic E-state index is 0.176. The Kier molecular flexibility index (Phi) is 4.37. The number of benzene rings is 2. The molecule has 2 N–H and O–H groups in total. The van der Waals surface area contributed by atoms with Crippen molar-refractivity contribution in [2.24, 2.45) is 5.92 Å². The zero-order valence-corrected chi connectivity index (χ0v) is 10.3. The fraction of sp³-hybridized carbons (Fsp3) is 0.250. The van der Waals surface area contributed by atoms with Crippen molar-refractivity contribution < 1.29 is 10.2 Å². The zero-order chi connectivity index (χ0) is 12.8. The van der Waals surface area contributed by atoms with Gasteiger partial charge in [-0.05, 0) is 42.0 Å². The van der Waals surface area contributed by atoms with Gasteiger partial charge in [0.1, 0.15) is 5.75 Å². The minimum Gasteiger partial charge on any atom is -0.508 e. The molecule has 0 bridgehead atoms. The molecule has 0 aromatic heterocycles. The van der Waals surface area contributed by atoms with Gasteiger partial charge in [-0.2, -0.15) is 0 Å². The highest BCUT2D eigenvalue weighted by molar-refractivity contribution is 5.26. The summed E-state index contributed by atoms with van der Waals surface area (Å²) in [6.07, 6.45) is 1.70. The molecule has 0 spiro atoms. The zero-order valence-electron chi connectivity index (χ0n) is 10.3. The Morgan fingerprint density at radius 1 is 0.778 bits per heavy atom. The van der Waals surface area contributed by atoms with Crippen LogP contribution in [0.15, 0.2) is 54.6 Å². The van der Waals surface area contributed by atoms with Crippen molar-refractivity contribution in [2.75, 3.05) is 6.61 Å². The van der Waals surface area contributed by atoms with Gasteiger partial charge in [-0.25, -0.2) is 0 Å². The largest absolute Gasteiger partial charge is 0.508 e. The molecule has 0 amide bonds. The van der Waals surface area contributed by atoms with E-state index < -0.39 is 0 Å². The van der Waals surface area contributed by atoms with Crippen molar-refractivity contribution >= 4 is 0 Å². The van der Waals surface area contributed by atoms with Crippen LogP contribution in [0, 0.1) is 5.92 Å². The molecule has 0 saturated carbocycles. The lowest BCUT2D eigenvalue weighted by Gasteiger charge is -2.14. The van der Waals surface area contributed by atoms with Gasteiger partial charge in [0.15, 0.2) is 0 Å². The van der Waals surface area contributed by atoms with Crippen LogP contribution in [0.1, 0.15) is 11.1 Å². The van der Waals surface area contributed by atoms with E-state index in [1.807, 2.05) is 30.3 Å². The topological polar surface area (TPSA) is 40.5 Å². The lowest BCUT2D eigenvalue weighted by molar-refractivity contribution is 0.225. The van der Waals surface area contributed by atoms with Gasteiger partial charge in [0.05, 0.1) is 0 Å². The smallest absolute Gasteiger partial charge is 0.115 e. The average Bonchev–Trinajstić information content (AvgIpc) is 2.41. The molecule has 2 aromatic rings. The molecule has 18 heavy (non-hydrogen) atoms. The summed E-state index contributed by atoms with van der Waals surface area (Å²) in [4.78, 5) is 0. The summed E-state index contributed by atoms with van der Waals surface area (Å²) >= 11 is 0. The normalized spacial score (nSPS) is 12.3. The Morgan fingerprint density at radius 3 is 1.89 bits per heavy atom. The second-order valence-electron chi connectivity index (χ2n) is 4.61. The average molecular weight is 242 g/mol. The van der Waals surface area contributed by atoms with Gasteiger partial charge >= 0.3 is 0 Å². The van der Waals surface area contributed by atoms with E-state index in [0.29, 0.717) is 0 Å². The lowest BCUT2D eigenvalue weighted by atomic mass is 9.93. The van der Waals surface area contributed by atoms with Crippen molar-refractivity contribution in [2.45, 2.75) is 12.8 Å². The maximum atomic E-state index is 9.45. The van der Waals surface area contributed by atoms with E-state index >= 15 is 0 Å². The van der Waals surface area contributed by atoms with Crippen molar-refractivity contribution in [3.63, 3.8) is 0 Å². The standard InChI is InChI=1S/C16H18O2/c17-12-15(10-13-4-2-1-3-5-13)11-14-6-8-16(18)9-7-14/h1-9,15,17-18H,10-12H2. The summed E-state index contributed by atoms with van der Waals surface area (Å²) in [6, 6.07) is 17.4. The molecule has 2 aromatic carbocycles. The monoisotopic (exact) mass is 242 g/mol. The van der Waals surface area contributed by atoms with Crippen molar-refractivity contribution in [3.05, 3.63) is 65.7 Å². The third-order valence-electron chi connectivity index (χ3n) is 3.09. The van der Waals surface area contributed by atoms with Crippen molar-refractivity contribution in [3.8, 4) is 5.75 Å². The second-order valence-corrected chi connectivity index (χ2v) is 4.61. The number of aliphatic hydroxyl groups is 1. The fourth-order valence-electron chi connectivity index (χ4n) is 2.11. The molecule has 0 aliphatic rings. The highest BCUT2D eigenvalue weighted by Crippen LogP contribution is 2.16. The quantitative estimate of drug-likeness (QED) is 0.846. The van der Waals surface area contributed by atoms with Gasteiger partial charge < -0.3 is 10.2 Å². The maximum Gasteiger partial charge on any atom is 0.115 e. The van der Waals surface area contributed by atoms with Crippen molar-refractivity contribution in [1.82, 2.24) is 0 Å². The summed E-state index contributed by atoms with van der Waals surface area (Å²) in [7, 11) is 0. The molecule has 2 nitrogen and oxygen atoms in total. The first-order chi connectivity index (χ1) is 8.78. The van der Waals surface area contributed by atoms with E-state index in [1.165, 1.54) is 5.56 Å². The van der Waals surface area contributed by atoms with E-state index in [1.54, 1.807) is 12.1 Å². The number of rotatable bonds is 5. The van der Waals surface area contributed by atoms with Crippen LogP contribution in [-0.2, 0) is 12.8 Å². The molecule has 0 aliphatic carbocycles. The van der Waals surface area contributed by atoms with Crippen LogP contribution < -0.4 is 0 Å². The molecule has 94 valence electrons. The lowest BCUT2D eigenvalue weighted by Crippen LogP contribution is -2.12. The number of phenols is 1. The molecule has 0 heterocycles. The minimum atomic E-state index is 0.176. The van der Waals surface area contributed by atoms with E-state index in [0.717, 1.165) is 18.4 Å². The summed E-state index contributed by atoms with van der Waals surface area (Å²) < 4.78 is 0. The molecule has 2 heteroatoms. The third kappa shape index (κ3) is 3.60. The molecule has 0 radical (unpaired) electrons. The molecule has 1 atom stereocenters. The van der Waals surface area contributed by atoms with Gasteiger partial charge in [0.2, 0.25) is 0 Å². The Hall–Kier alpha value is -1.80. The van der Waals surface area contributed by atoms with Crippen LogP contribution in [0.25, 0.3) is 0 Å². The number of hydrogen-bond acceptors (Lipinski definition) is 2.